The highest BCUT2D eigenvalue weighted by Crippen LogP contribution is 2.13. The average molecular weight is 252 g/mol. The van der Waals surface area contributed by atoms with Gasteiger partial charge in [-0.25, -0.2) is 0 Å². The van der Waals surface area contributed by atoms with Crippen molar-refractivity contribution in [2.45, 2.75) is 26.8 Å². The van der Waals surface area contributed by atoms with Crippen molar-refractivity contribution in [3.05, 3.63) is 29.8 Å². The van der Waals surface area contributed by atoms with Crippen LogP contribution in [0.1, 0.15) is 19.4 Å². The smallest absolute Gasteiger partial charge is 0.290 e. The highest BCUT2D eigenvalue weighted by molar-refractivity contribution is 5.95. The molecule has 0 aliphatic carbocycles. The van der Waals surface area contributed by atoms with E-state index in [1.165, 1.54) is 0 Å². The average Bonchev–Trinajstić information content (AvgIpc) is 2.32. The van der Waals surface area contributed by atoms with Crippen molar-refractivity contribution in [1.82, 2.24) is 0 Å². The molecular weight excluding hydrogens is 232 g/mol. The number of nitrogens with one attached hydrogen (secondary N) is 1. The number of carbonyl (C=O) groups is 2. The highest BCUT2D eigenvalue weighted by Gasteiger charge is 2.17. The summed E-state index contributed by atoms with van der Waals surface area (Å²) in [7, 11) is 0. The second kappa shape index (κ2) is 8.25. The maximum atomic E-state index is 11.7. The number of carboxylic acid groups (broad SMARTS) is 1. The molecule has 4 N–H and O–H groups in total. The second-order valence-electron chi connectivity index (χ2n) is 4.18. The van der Waals surface area contributed by atoms with E-state index in [0.717, 1.165) is 11.3 Å². The number of carbonyl (C=O) groups excluding carboxylic acids is 1. The molecule has 0 radical (unpaired) electrons. The van der Waals surface area contributed by atoms with Gasteiger partial charge < -0.3 is 16.2 Å². The number of anilines is 1. The molecule has 1 atom stereocenters. The summed E-state index contributed by atoms with van der Waals surface area (Å²) < 4.78 is 0. The Hall–Kier alpha value is -1.88. The molecule has 100 valence electrons. The zero-order valence-electron chi connectivity index (χ0n) is 10.9. The summed E-state index contributed by atoms with van der Waals surface area (Å²) in [6.45, 7) is 5.57. The SMILES string of the molecule is Cc1ccccc1NC(=O)C(N)C(C)C.O=CO. The van der Waals surface area contributed by atoms with Gasteiger partial charge in [0.2, 0.25) is 5.91 Å². The van der Waals surface area contributed by atoms with Crippen LogP contribution in [0.25, 0.3) is 0 Å². The number of hydrogen-bond acceptors (Lipinski definition) is 3. The Kier molecular flexibility index (Phi) is 7.38. The van der Waals surface area contributed by atoms with E-state index < -0.39 is 6.04 Å². The topological polar surface area (TPSA) is 92.4 Å². The molecule has 5 nitrogen and oxygen atoms in total. The molecule has 0 fully saturated rings. The first-order valence-electron chi connectivity index (χ1n) is 5.64. The van der Waals surface area contributed by atoms with Crippen LogP contribution in [-0.2, 0) is 9.59 Å². The third-order valence-corrected chi connectivity index (χ3v) is 2.42. The Morgan fingerprint density at radius 1 is 1.39 bits per heavy atom. The Morgan fingerprint density at radius 2 is 1.89 bits per heavy atom. The molecule has 1 aromatic carbocycles. The Bertz CT molecular complexity index is 392. The quantitative estimate of drug-likeness (QED) is 0.713. The standard InChI is InChI=1S/C12H18N2O.CH2O2/c1-8(2)11(13)12(15)14-10-7-5-4-6-9(10)3;2-1-3/h4-8,11H,13H2,1-3H3,(H,14,15);1H,(H,2,3). The van der Waals surface area contributed by atoms with Gasteiger partial charge in [-0.3, -0.25) is 9.59 Å². The molecule has 1 rings (SSSR count). The lowest BCUT2D eigenvalue weighted by molar-refractivity contribution is -0.123. The lowest BCUT2D eigenvalue weighted by atomic mass is 10.0. The van der Waals surface area contributed by atoms with E-state index in [0.29, 0.717) is 0 Å². The van der Waals surface area contributed by atoms with Gasteiger partial charge in [0.1, 0.15) is 0 Å². The number of para-hydroxylation sites is 1. The van der Waals surface area contributed by atoms with E-state index in [2.05, 4.69) is 5.32 Å². The van der Waals surface area contributed by atoms with Crippen LogP contribution in [0.4, 0.5) is 5.69 Å². The van der Waals surface area contributed by atoms with Gasteiger partial charge in [0.05, 0.1) is 6.04 Å². The molecule has 0 saturated heterocycles. The van der Waals surface area contributed by atoms with Crippen LogP contribution in [-0.4, -0.2) is 23.5 Å². The monoisotopic (exact) mass is 252 g/mol. The first kappa shape index (κ1) is 16.1. The van der Waals surface area contributed by atoms with Gasteiger partial charge in [0.15, 0.2) is 0 Å². The fourth-order valence-corrected chi connectivity index (χ4v) is 1.23. The molecule has 0 aliphatic rings. The summed E-state index contributed by atoms with van der Waals surface area (Å²) >= 11 is 0. The highest BCUT2D eigenvalue weighted by atomic mass is 16.3. The first-order chi connectivity index (χ1) is 8.43. The number of amides is 1. The van der Waals surface area contributed by atoms with Gasteiger partial charge in [-0.1, -0.05) is 32.0 Å². The molecule has 5 heteroatoms. The summed E-state index contributed by atoms with van der Waals surface area (Å²) in [6, 6.07) is 7.21. The van der Waals surface area contributed by atoms with Crippen LogP contribution in [0.3, 0.4) is 0 Å². The van der Waals surface area contributed by atoms with Crippen molar-refractivity contribution in [3.8, 4) is 0 Å². The first-order valence-corrected chi connectivity index (χ1v) is 5.64. The minimum absolute atomic E-state index is 0.126. The van der Waals surface area contributed by atoms with Gasteiger partial charge in [-0.2, -0.15) is 0 Å². The van der Waals surface area contributed by atoms with Crippen molar-refractivity contribution in [2.24, 2.45) is 11.7 Å². The maximum absolute atomic E-state index is 11.7. The zero-order valence-corrected chi connectivity index (χ0v) is 10.9. The van der Waals surface area contributed by atoms with E-state index in [1.807, 2.05) is 45.0 Å². The van der Waals surface area contributed by atoms with Crippen LogP contribution in [0, 0.1) is 12.8 Å². The normalized spacial score (nSPS) is 11.2. The van der Waals surface area contributed by atoms with E-state index in [1.54, 1.807) is 0 Å². The summed E-state index contributed by atoms with van der Waals surface area (Å²) in [4.78, 5) is 20.0. The van der Waals surface area contributed by atoms with Crippen molar-refractivity contribution in [3.63, 3.8) is 0 Å². The van der Waals surface area contributed by atoms with Crippen LogP contribution < -0.4 is 11.1 Å². The molecule has 0 bridgehead atoms. The summed E-state index contributed by atoms with van der Waals surface area (Å²) in [5, 5.41) is 9.72. The number of nitrogens with two attached hydrogens (primary N) is 1. The summed E-state index contributed by atoms with van der Waals surface area (Å²) in [5.74, 6) is 0.0216. The summed E-state index contributed by atoms with van der Waals surface area (Å²) in [6.07, 6.45) is 0. The lowest BCUT2D eigenvalue weighted by Gasteiger charge is -2.16. The van der Waals surface area contributed by atoms with E-state index in [-0.39, 0.29) is 18.3 Å². The van der Waals surface area contributed by atoms with Gasteiger partial charge in [-0.05, 0) is 24.5 Å². The van der Waals surface area contributed by atoms with Crippen molar-refractivity contribution in [1.29, 1.82) is 0 Å². The van der Waals surface area contributed by atoms with Crippen LogP contribution >= 0.6 is 0 Å². The molecule has 0 spiro atoms. The van der Waals surface area contributed by atoms with Crippen molar-refractivity contribution < 1.29 is 14.7 Å². The summed E-state index contributed by atoms with van der Waals surface area (Å²) in [5.41, 5.74) is 7.62. The number of rotatable bonds is 3. The van der Waals surface area contributed by atoms with Gasteiger partial charge in [0, 0.05) is 5.69 Å². The molecule has 1 amide bonds. The van der Waals surface area contributed by atoms with E-state index >= 15 is 0 Å². The third-order valence-electron chi connectivity index (χ3n) is 2.42. The van der Waals surface area contributed by atoms with Gasteiger partial charge in [0.25, 0.3) is 6.47 Å². The van der Waals surface area contributed by atoms with Crippen LogP contribution in [0.5, 0.6) is 0 Å². The Morgan fingerprint density at radius 3 is 2.33 bits per heavy atom. The van der Waals surface area contributed by atoms with E-state index in [4.69, 9.17) is 15.6 Å². The number of benzene rings is 1. The Balaban J connectivity index is 0.000000873. The third kappa shape index (κ3) is 5.45. The second-order valence-corrected chi connectivity index (χ2v) is 4.18. The van der Waals surface area contributed by atoms with Crippen molar-refractivity contribution >= 4 is 18.1 Å². The fourth-order valence-electron chi connectivity index (χ4n) is 1.23. The van der Waals surface area contributed by atoms with Crippen molar-refractivity contribution in [2.75, 3.05) is 5.32 Å². The molecule has 0 aliphatic heterocycles. The number of aryl methyl sites for hydroxylation is 1. The lowest BCUT2D eigenvalue weighted by Crippen LogP contribution is -2.39. The van der Waals surface area contributed by atoms with Crippen LogP contribution in [0.2, 0.25) is 0 Å². The molecule has 0 heterocycles. The fraction of sp³-hybridized carbons (Fsp3) is 0.385. The molecule has 0 aromatic heterocycles. The minimum atomic E-state index is -0.454. The van der Waals surface area contributed by atoms with Crippen LogP contribution in [0.15, 0.2) is 24.3 Å². The van der Waals surface area contributed by atoms with Gasteiger partial charge in [-0.15, -0.1) is 0 Å². The molecule has 0 saturated carbocycles. The zero-order chi connectivity index (χ0) is 14.1. The maximum Gasteiger partial charge on any atom is 0.290 e. The predicted molar refractivity (Wildman–Crippen MR) is 71.3 cm³/mol. The predicted octanol–water partition coefficient (Wildman–Crippen LogP) is 1.62. The van der Waals surface area contributed by atoms with Gasteiger partial charge >= 0.3 is 0 Å². The number of hydrogen-bond donors (Lipinski definition) is 3. The van der Waals surface area contributed by atoms with E-state index in [9.17, 15) is 4.79 Å². The minimum Gasteiger partial charge on any atom is -0.483 e. The molecular formula is C13H20N2O3. The largest absolute Gasteiger partial charge is 0.483 e. The Labute approximate surface area is 107 Å². The molecule has 1 aromatic rings. The molecule has 1 unspecified atom stereocenters. The molecule has 18 heavy (non-hydrogen) atoms.